The number of benzene rings is 1. The molecule has 4 rings (SSSR count). The SMILES string of the molecule is O/N=C1/N=CNC2C1CCN2[C@@H]1O[C@H]([C@H](O)c2ccc(F)c(Cl)c2)[C@@H](O)[C@H]1O. The third kappa shape index (κ3) is 3.15. The summed E-state index contributed by atoms with van der Waals surface area (Å²) in [5.74, 6) is -0.558. The number of nitrogens with zero attached hydrogens (tertiary/aromatic N) is 3. The molecule has 0 radical (unpaired) electrons. The fourth-order valence-corrected chi connectivity index (χ4v) is 4.26. The molecule has 3 aliphatic heterocycles. The lowest BCUT2D eigenvalue weighted by Gasteiger charge is -2.34. The number of ether oxygens (including phenoxy) is 1. The highest BCUT2D eigenvalue weighted by molar-refractivity contribution is 6.30. The van der Waals surface area contributed by atoms with E-state index in [1.165, 1.54) is 18.5 Å². The first-order valence-corrected chi connectivity index (χ1v) is 9.21. The third-order valence-electron chi connectivity index (χ3n) is 5.51. The number of hydrogen-bond donors (Lipinski definition) is 5. The highest BCUT2D eigenvalue weighted by atomic mass is 35.5. The van der Waals surface area contributed by atoms with Crippen LogP contribution in [0.1, 0.15) is 18.1 Å². The van der Waals surface area contributed by atoms with Crippen molar-refractivity contribution in [3.05, 3.63) is 34.6 Å². The summed E-state index contributed by atoms with van der Waals surface area (Å²) in [5.41, 5.74) is 0.264. The van der Waals surface area contributed by atoms with Gasteiger partial charge < -0.3 is 30.6 Å². The Balaban J connectivity index is 1.53. The van der Waals surface area contributed by atoms with E-state index in [9.17, 15) is 19.7 Å². The topological polar surface area (TPSA) is 130 Å². The average Bonchev–Trinajstić information content (AvgIpc) is 3.25. The monoisotopic (exact) mass is 414 g/mol. The van der Waals surface area contributed by atoms with Crippen LogP contribution in [0.4, 0.5) is 4.39 Å². The highest BCUT2D eigenvalue weighted by Crippen LogP contribution is 2.37. The number of nitrogens with one attached hydrogen (secondary N) is 1. The molecule has 0 amide bonds. The van der Waals surface area contributed by atoms with Crippen molar-refractivity contribution in [2.75, 3.05) is 6.54 Å². The quantitative estimate of drug-likeness (QED) is 0.348. The van der Waals surface area contributed by atoms with Gasteiger partial charge >= 0.3 is 0 Å². The van der Waals surface area contributed by atoms with Crippen molar-refractivity contribution in [2.45, 2.75) is 43.2 Å². The number of oxime groups is 1. The maximum atomic E-state index is 13.4. The number of fused-ring (bicyclic) bond motifs is 1. The molecule has 5 N–H and O–H groups in total. The van der Waals surface area contributed by atoms with Crippen molar-refractivity contribution in [1.82, 2.24) is 10.2 Å². The molecule has 7 atom stereocenters. The summed E-state index contributed by atoms with van der Waals surface area (Å²) in [4.78, 5) is 5.78. The second kappa shape index (κ2) is 7.54. The van der Waals surface area contributed by atoms with Crippen LogP contribution in [0, 0.1) is 11.7 Å². The standard InChI is InChI=1S/C17H20ClFN4O5/c18-9-5-7(1-2-10(9)19)11(24)14-12(25)13(26)17(28-14)23-4-3-8-15(22-27)20-6-21-16(8)23/h1-2,5-6,8,11-14,16-17,24-27H,3-4H2,(H,20,21,22)/t8?,11-,12+,13-,14-,16?,17-/m1/s1. The van der Waals surface area contributed by atoms with Gasteiger partial charge in [-0.1, -0.05) is 22.8 Å². The van der Waals surface area contributed by atoms with Crippen LogP contribution in [0.25, 0.3) is 0 Å². The van der Waals surface area contributed by atoms with Gasteiger partial charge in [-0.2, -0.15) is 0 Å². The zero-order chi connectivity index (χ0) is 20.0. The van der Waals surface area contributed by atoms with Gasteiger partial charge in [0.1, 0.15) is 36.5 Å². The highest BCUT2D eigenvalue weighted by Gasteiger charge is 2.53. The minimum Gasteiger partial charge on any atom is -0.409 e. The predicted molar refractivity (Wildman–Crippen MR) is 96.5 cm³/mol. The Hall–Kier alpha value is -1.82. The second-order valence-corrected chi connectivity index (χ2v) is 7.46. The van der Waals surface area contributed by atoms with E-state index in [0.29, 0.717) is 13.0 Å². The number of aliphatic hydroxyl groups is 3. The normalized spacial score (nSPS) is 37.8. The zero-order valence-electron chi connectivity index (χ0n) is 14.6. The van der Waals surface area contributed by atoms with Crippen molar-refractivity contribution < 1.29 is 29.7 Å². The van der Waals surface area contributed by atoms with Gasteiger partial charge in [0.05, 0.1) is 23.4 Å². The number of rotatable bonds is 3. The minimum absolute atomic E-state index is 0.162. The fraction of sp³-hybridized carbons (Fsp3) is 0.529. The molecule has 0 aliphatic carbocycles. The first-order chi connectivity index (χ1) is 13.4. The average molecular weight is 415 g/mol. The van der Waals surface area contributed by atoms with Gasteiger partial charge in [0.25, 0.3) is 0 Å². The molecule has 3 heterocycles. The molecule has 2 saturated heterocycles. The van der Waals surface area contributed by atoms with E-state index < -0.39 is 36.5 Å². The van der Waals surface area contributed by atoms with Gasteiger partial charge in [0, 0.05) is 6.54 Å². The lowest BCUT2D eigenvalue weighted by atomic mass is 9.99. The van der Waals surface area contributed by atoms with Crippen LogP contribution in [0.3, 0.4) is 0 Å². The summed E-state index contributed by atoms with van der Waals surface area (Å²) in [7, 11) is 0. The molecule has 28 heavy (non-hydrogen) atoms. The molecule has 2 unspecified atom stereocenters. The largest absolute Gasteiger partial charge is 0.409 e. The van der Waals surface area contributed by atoms with Crippen molar-refractivity contribution in [2.24, 2.45) is 16.1 Å². The van der Waals surface area contributed by atoms with Crippen molar-refractivity contribution in [3.63, 3.8) is 0 Å². The molecule has 3 aliphatic rings. The zero-order valence-corrected chi connectivity index (χ0v) is 15.3. The Kier molecular flexibility index (Phi) is 5.25. The van der Waals surface area contributed by atoms with Gasteiger partial charge in [-0.15, -0.1) is 0 Å². The second-order valence-electron chi connectivity index (χ2n) is 7.05. The lowest BCUT2D eigenvalue weighted by molar-refractivity contribution is -0.122. The van der Waals surface area contributed by atoms with Gasteiger partial charge in [-0.05, 0) is 24.1 Å². The number of likely N-dealkylation sites (tertiary alicyclic amines) is 1. The summed E-state index contributed by atoms with van der Waals surface area (Å²) in [6.07, 6.45) is -4.34. The summed E-state index contributed by atoms with van der Waals surface area (Å²) in [5, 5.41) is 46.8. The molecule has 1 aromatic rings. The van der Waals surface area contributed by atoms with E-state index in [4.69, 9.17) is 21.5 Å². The molecule has 9 nitrogen and oxygen atoms in total. The molecule has 0 bridgehead atoms. The Morgan fingerprint density at radius 3 is 2.86 bits per heavy atom. The van der Waals surface area contributed by atoms with Gasteiger partial charge in [0.2, 0.25) is 0 Å². The first-order valence-electron chi connectivity index (χ1n) is 8.83. The summed E-state index contributed by atoms with van der Waals surface area (Å²) in [6.45, 7) is 0.490. The Bertz CT molecular complexity index is 812. The number of halogens is 2. The molecule has 0 aromatic heterocycles. The number of aliphatic imine (C=N–C) groups is 1. The van der Waals surface area contributed by atoms with E-state index in [-0.39, 0.29) is 28.5 Å². The smallest absolute Gasteiger partial charge is 0.175 e. The molecule has 0 saturated carbocycles. The van der Waals surface area contributed by atoms with Crippen LogP contribution >= 0.6 is 11.6 Å². The van der Waals surface area contributed by atoms with Gasteiger partial charge in [-0.25, -0.2) is 9.38 Å². The minimum atomic E-state index is -1.37. The van der Waals surface area contributed by atoms with E-state index >= 15 is 0 Å². The molecular weight excluding hydrogens is 395 g/mol. The van der Waals surface area contributed by atoms with E-state index in [0.717, 1.165) is 6.07 Å². The number of hydrogen-bond acceptors (Lipinski definition) is 8. The van der Waals surface area contributed by atoms with Crippen LogP contribution in [0.2, 0.25) is 5.02 Å². The van der Waals surface area contributed by atoms with Crippen LogP contribution in [-0.2, 0) is 4.74 Å². The Morgan fingerprint density at radius 2 is 2.14 bits per heavy atom. The number of aliphatic hydroxyl groups excluding tert-OH is 3. The van der Waals surface area contributed by atoms with E-state index in [2.05, 4.69) is 15.5 Å². The number of amidine groups is 1. The molecule has 2 fully saturated rings. The predicted octanol–water partition coefficient (Wildman–Crippen LogP) is 0.0264. The summed E-state index contributed by atoms with van der Waals surface area (Å²) >= 11 is 5.77. The first kappa shape index (κ1) is 19.5. The molecule has 0 spiro atoms. The Morgan fingerprint density at radius 1 is 1.36 bits per heavy atom. The molecule has 1 aromatic carbocycles. The lowest BCUT2D eigenvalue weighted by Crippen LogP contribution is -2.55. The summed E-state index contributed by atoms with van der Waals surface area (Å²) < 4.78 is 19.2. The third-order valence-corrected chi connectivity index (χ3v) is 5.80. The maximum Gasteiger partial charge on any atom is 0.175 e. The van der Waals surface area contributed by atoms with Crippen molar-refractivity contribution >= 4 is 23.8 Å². The molecular formula is C17H20ClFN4O5. The molecule has 152 valence electrons. The fourth-order valence-electron chi connectivity index (χ4n) is 4.07. The van der Waals surface area contributed by atoms with Crippen LogP contribution < -0.4 is 5.32 Å². The van der Waals surface area contributed by atoms with Crippen molar-refractivity contribution in [3.8, 4) is 0 Å². The summed E-state index contributed by atoms with van der Waals surface area (Å²) in [6, 6.07) is 3.71. The maximum absolute atomic E-state index is 13.4. The van der Waals surface area contributed by atoms with Crippen LogP contribution in [0.15, 0.2) is 28.3 Å². The van der Waals surface area contributed by atoms with Crippen molar-refractivity contribution in [1.29, 1.82) is 0 Å². The van der Waals surface area contributed by atoms with E-state index in [1.54, 1.807) is 4.90 Å². The Labute approximate surface area is 164 Å². The van der Waals surface area contributed by atoms with Gasteiger partial charge in [0.15, 0.2) is 5.84 Å². The van der Waals surface area contributed by atoms with Gasteiger partial charge in [-0.3, -0.25) is 4.90 Å². The molecule has 11 heteroatoms. The van der Waals surface area contributed by atoms with E-state index in [1.807, 2.05) is 0 Å². The van der Waals surface area contributed by atoms with Crippen LogP contribution in [0.5, 0.6) is 0 Å². The van der Waals surface area contributed by atoms with Crippen LogP contribution in [-0.4, -0.2) is 74.9 Å².